The van der Waals surface area contributed by atoms with Crippen LogP contribution in [0.25, 0.3) is 0 Å². The van der Waals surface area contributed by atoms with Crippen molar-refractivity contribution in [2.24, 2.45) is 0 Å². The smallest absolute Gasteiger partial charge is 0.410 e. The number of ether oxygens (including phenoxy) is 1. The Morgan fingerprint density at radius 1 is 1.29 bits per heavy atom. The summed E-state index contributed by atoms with van der Waals surface area (Å²) in [6, 6.07) is 10.1. The van der Waals surface area contributed by atoms with Gasteiger partial charge in [0.15, 0.2) is 0 Å². The zero-order chi connectivity index (χ0) is 17.2. The van der Waals surface area contributed by atoms with Gasteiger partial charge in [0.05, 0.1) is 6.54 Å². The highest BCUT2D eigenvalue weighted by Gasteiger charge is 2.46. The number of likely N-dealkylation sites (N-methyl/N-ethyl adjacent to an activating group) is 1. The first kappa shape index (κ1) is 16.6. The lowest BCUT2D eigenvalue weighted by Gasteiger charge is -2.37. The fourth-order valence-corrected chi connectivity index (χ4v) is 3.42. The van der Waals surface area contributed by atoms with E-state index in [4.69, 9.17) is 4.74 Å². The SMILES string of the molecule is C[C@@H](CNC(=O)N1CCC2(CC1)CN(C)C(=O)O2)c1ccccc1. The average molecular weight is 331 g/mol. The molecule has 1 spiro atoms. The first-order valence-corrected chi connectivity index (χ1v) is 8.51. The van der Waals surface area contributed by atoms with Gasteiger partial charge in [0.1, 0.15) is 5.60 Å². The van der Waals surface area contributed by atoms with Gasteiger partial charge in [-0.3, -0.25) is 0 Å². The summed E-state index contributed by atoms with van der Waals surface area (Å²) in [6.45, 7) is 4.57. The van der Waals surface area contributed by atoms with Gasteiger partial charge in [0.2, 0.25) is 0 Å². The number of benzene rings is 1. The van der Waals surface area contributed by atoms with Crippen molar-refractivity contribution < 1.29 is 14.3 Å². The number of nitrogens with one attached hydrogen (secondary N) is 1. The molecule has 1 atom stereocenters. The van der Waals surface area contributed by atoms with Crippen LogP contribution >= 0.6 is 0 Å². The van der Waals surface area contributed by atoms with Crippen molar-refractivity contribution in [3.05, 3.63) is 35.9 Å². The van der Waals surface area contributed by atoms with Crippen molar-refractivity contribution in [2.75, 3.05) is 33.2 Å². The van der Waals surface area contributed by atoms with Crippen LogP contribution in [-0.2, 0) is 4.74 Å². The van der Waals surface area contributed by atoms with Crippen LogP contribution in [0.1, 0.15) is 31.2 Å². The lowest BCUT2D eigenvalue weighted by atomic mass is 9.91. The normalized spacial score (nSPS) is 20.8. The number of rotatable bonds is 3. The van der Waals surface area contributed by atoms with Gasteiger partial charge in [-0.2, -0.15) is 0 Å². The van der Waals surface area contributed by atoms with Crippen LogP contribution < -0.4 is 5.32 Å². The van der Waals surface area contributed by atoms with Gasteiger partial charge < -0.3 is 19.9 Å². The third-order valence-electron chi connectivity index (χ3n) is 5.03. The molecule has 0 aliphatic carbocycles. The van der Waals surface area contributed by atoms with Gasteiger partial charge in [-0.05, 0) is 11.5 Å². The number of piperidine rings is 1. The Kier molecular flexibility index (Phi) is 4.64. The van der Waals surface area contributed by atoms with Crippen LogP contribution in [0.15, 0.2) is 30.3 Å². The second kappa shape index (κ2) is 6.71. The first-order valence-electron chi connectivity index (χ1n) is 8.51. The Morgan fingerprint density at radius 3 is 2.54 bits per heavy atom. The zero-order valence-corrected chi connectivity index (χ0v) is 14.3. The predicted molar refractivity (Wildman–Crippen MR) is 90.9 cm³/mol. The number of amides is 3. The van der Waals surface area contributed by atoms with Gasteiger partial charge in [0, 0.05) is 39.5 Å². The summed E-state index contributed by atoms with van der Waals surface area (Å²) in [5, 5.41) is 3.02. The summed E-state index contributed by atoms with van der Waals surface area (Å²) in [5.74, 6) is 0.274. The molecule has 2 fully saturated rings. The van der Waals surface area contributed by atoms with Gasteiger partial charge >= 0.3 is 12.1 Å². The summed E-state index contributed by atoms with van der Waals surface area (Å²) in [7, 11) is 1.75. The lowest BCUT2D eigenvalue weighted by Crippen LogP contribution is -2.51. The Hall–Kier alpha value is -2.24. The van der Waals surface area contributed by atoms with Crippen molar-refractivity contribution in [3.8, 4) is 0 Å². The molecular weight excluding hydrogens is 306 g/mol. The third-order valence-corrected chi connectivity index (χ3v) is 5.03. The molecule has 2 saturated heterocycles. The number of nitrogens with zero attached hydrogens (tertiary/aromatic N) is 2. The summed E-state index contributed by atoms with van der Waals surface area (Å²) in [5.41, 5.74) is 0.816. The van der Waals surface area contributed by atoms with Crippen molar-refractivity contribution >= 4 is 12.1 Å². The second-order valence-corrected chi connectivity index (χ2v) is 6.89. The number of likely N-dealkylation sites (tertiary alicyclic amines) is 1. The molecule has 0 unspecified atom stereocenters. The fraction of sp³-hybridized carbons (Fsp3) is 0.556. The summed E-state index contributed by atoms with van der Waals surface area (Å²) < 4.78 is 5.51. The molecule has 1 aromatic carbocycles. The molecule has 3 amide bonds. The molecule has 1 N–H and O–H groups in total. The second-order valence-electron chi connectivity index (χ2n) is 6.89. The van der Waals surface area contributed by atoms with E-state index in [1.54, 1.807) is 11.9 Å². The molecular formula is C18H25N3O3. The fourth-order valence-electron chi connectivity index (χ4n) is 3.42. The van der Waals surface area contributed by atoms with E-state index in [0.717, 1.165) is 0 Å². The molecule has 130 valence electrons. The maximum atomic E-state index is 12.4. The average Bonchev–Trinajstić information content (AvgIpc) is 2.87. The van der Waals surface area contributed by atoms with Crippen LogP contribution in [-0.4, -0.2) is 60.8 Å². The predicted octanol–water partition coefficient (Wildman–Crippen LogP) is 2.42. The van der Waals surface area contributed by atoms with Crippen LogP contribution in [0.2, 0.25) is 0 Å². The zero-order valence-electron chi connectivity index (χ0n) is 14.3. The highest BCUT2D eigenvalue weighted by atomic mass is 16.6. The third kappa shape index (κ3) is 3.47. The summed E-state index contributed by atoms with van der Waals surface area (Å²) >= 11 is 0. The molecule has 0 bridgehead atoms. The molecule has 2 aliphatic rings. The molecule has 0 radical (unpaired) electrons. The van der Waals surface area contributed by atoms with Crippen LogP contribution in [0.4, 0.5) is 9.59 Å². The Balaban J connectivity index is 1.47. The minimum Gasteiger partial charge on any atom is -0.441 e. The minimum absolute atomic E-state index is 0.0368. The van der Waals surface area contributed by atoms with E-state index in [1.165, 1.54) is 5.56 Å². The molecule has 2 aliphatic heterocycles. The van der Waals surface area contributed by atoms with Crippen molar-refractivity contribution in [2.45, 2.75) is 31.3 Å². The van der Waals surface area contributed by atoms with E-state index in [1.807, 2.05) is 23.1 Å². The van der Waals surface area contributed by atoms with E-state index in [-0.39, 0.29) is 18.0 Å². The molecule has 0 saturated carbocycles. The van der Waals surface area contributed by atoms with Crippen molar-refractivity contribution in [3.63, 3.8) is 0 Å². The lowest BCUT2D eigenvalue weighted by molar-refractivity contribution is 0.00966. The van der Waals surface area contributed by atoms with Gasteiger partial charge in [-0.25, -0.2) is 9.59 Å². The first-order chi connectivity index (χ1) is 11.5. The molecule has 2 heterocycles. The molecule has 6 heteroatoms. The van der Waals surface area contributed by atoms with E-state index in [2.05, 4.69) is 24.4 Å². The van der Waals surface area contributed by atoms with E-state index >= 15 is 0 Å². The molecule has 3 rings (SSSR count). The minimum atomic E-state index is -0.403. The summed E-state index contributed by atoms with van der Waals surface area (Å²) in [6.07, 6.45) is 1.14. The maximum Gasteiger partial charge on any atom is 0.410 e. The molecule has 0 aromatic heterocycles. The van der Waals surface area contributed by atoms with Crippen molar-refractivity contribution in [1.82, 2.24) is 15.1 Å². The maximum absolute atomic E-state index is 12.4. The molecule has 6 nitrogen and oxygen atoms in total. The number of hydrogen-bond acceptors (Lipinski definition) is 3. The van der Waals surface area contributed by atoms with Gasteiger partial charge in [-0.1, -0.05) is 37.3 Å². The Labute approximate surface area is 142 Å². The number of hydrogen-bond donors (Lipinski definition) is 1. The standard InChI is InChI=1S/C18H25N3O3/c1-14(15-6-4-3-5-7-15)12-19-16(22)21-10-8-18(9-11-21)13-20(2)17(23)24-18/h3-7,14H,8-13H2,1-2H3,(H,19,22)/t14-/m0/s1. The van der Waals surface area contributed by atoms with Gasteiger partial charge in [0.25, 0.3) is 0 Å². The monoisotopic (exact) mass is 331 g/mol. The summed E-state index contributed by atoms with van der Waals surface area (Å²) in [4.78, 5) is 27.4. The number of carbonyl (C=O) groups is 2. The topological polar surface area (TPSA) is 61.9 Å². The highest BCUT2D eigenvalue weighted by molar-refractivity contribution is 5.74. The van der Waals surface area contributed by atoms with E-state index < -0.39 is 5.60 Å². The van der Waals surface area contributed by atoms with E-state index in [9.17, 15) is 9.59 Å². The van der Waals surface area contributed by atoms with Crippen LogP contribution in [0.3, 0.4) is 0 Å². The van der Waals surface area contributed by atoms with E-state index in [0.29, 0.717) is 39.0 Å². The van der Waals surface area contributed by atoms with Crippen molar-refractivity contribution in [1.29, 1.82) is 0 Å². The largest absolute Gasteiger partial charge is 0.441 e. The van der Waals surface area contributed by atoms with Crippen LogP contribution in [0.5, 0.6) is 0 Å². The highest BCUT2D eigenvalue weighted by Crippen LogP contribution is 2.32. The Morgan fingerprint density at radius 2 is 1.96 bits per heavy atom. The molecule has 24 heavy (non-hydrogen) atoms. The Bertz CT molecular complexity index is 597. The number of carbonyl (C=O) groups excluding carboxylic acids is 2. The van der Waals surface area contributed by atoms with Gasteiger partial charge in [-0.15, -0.1) is 0 Å². The number of urea groups is 1. The van der Waals surface area contributed by atoms with Crippen LogP contribution in [0, 0.1) is 0 Å². The quantitative estimate of drug-likeness (QED) is 0.925. The molecule has 1 aromatic rings.